The molecule has 3 N–H and O–H groups in total. The van der Waals surface area contributed by atoms with Crippen molar-refractivity contribution in [2.24, 2.45) is 13.0 Å². The van der Waals surface area contributed by atoms with E-state index in [2.05, 4.69) is 10.3 Å². The van der Waals surface area contributed by atoms with Gasteiger partial charge in [-0.3, -0.25) is 9.36 Å². The number of aromatic nitrogens is 2. The van der Waals surface area contributed by atoms with E-state index in [9.17, 15) is 4.79 Å². The average molecular weight is 194 g/mol. The van der Waals surface area contributed by atoms with Crippen LogP contribution in [0, 0.1) is 5.92 Å². The van der Waals surface area contributed by atoms with Crippen molar-refractivity contribution in [3.63, 3.8) is 0 Å². The summed E-state index contributed by atoms with van der Waals surface area (Å²) in [6.45, 7) is 0.893. The first kappa shape index (κ1) is 9.05. The fourth-order valence-electron chi connectivity index (χ4n) is 1.28. The molecule has 1 fully saturated rings. The van der Waals surface area contributed by atoms with Gasteiger partial charge in [0.05, 0.1) is 6.20 Å². The highest BCUT2D eigenvalue weighted by molar-refractivity contribution is 5.37. The smallest absolute Gasteiger partial charge is 0.277 e. The molecule has 0 aromatic carbocycles. The second kappa shape index (κ2) is 3.32. The van der Waals surface area contributed by atoms with Gasteiger partial charge in [0, 0.05) is 13.6 Å². The Kier molecular flexibility index (Phi) is 2.15. The van der Waals surface area contributed by atoms with Crippen LogP contribution in [0.25, 0.3) is 0 Å². The minimum Gasteiger partial charge on any atom is -0.393 e. The lowest BCUT2D eigenvalue weighted by molar-refractivity contribution is 0.799. The van der Waals surface area contributed by atoms with Crippen molar-refractivity contribution in [3.8, 4) is 0 Å². The maximum atomic E-state index is 11.4. The van der Waals surface area contributed by atoms with E-state index >= 15 is 0 Å². The highest BCUT2D eigenvalue weighted by Crippen LogP contribution is 2.28. The summed E-state index contributed by atoms with van der Waals surface area (Å²) in [6.07, 6.45) is 3.95. The zero-order valence-electron chi connectivity index (χ0n) is 8.16. The molecule has 0 unspecified atom stereocenters. The van der Waals surface area contributed by atoms with Gasteiger partial charge in [0.15, 0.2) is 0 Å². The lowest BCUT2D eigenvalue weighted by Gasteiger charge is -2.08. The molecule has 0 radical (unpaired) electrons. The summed E-state index contributed by atoms with van der Waals surface area (Å²) in [5.41, 5.74) is 5.42. The van der Waals surface area contributed by atoms with Crippen LogP contribution in [0.15, 0.2) is 11.0 Å². The molecule has 0 amide bonds. The number of nitrogens with two attached hydrogens (primary N) is 1. The summed E-state index contributed by atoms with van der Waals surface area (Å²) >= 11 is 0. The number of nitrogen functional groups attached to an aromatic ring is 1. The molecule has 0 atom stereocenters. The Bertz CT molecular complexity index is 394. The third-order valence-electron chi connectivity index (χ3n) is 2.44. The quantitative estimate of drug-likeness (QED) is 0.720. The number of nitrogens with zero attached hydrogens (tertiary/aromatic N) is 2. The average Bonchev–Trinajstić information content (AvgIpc) is 2.97. The molecule has 1 heterocycles. The highest BCUT2D eigenvalue weighted by atomic mass is 16.1. The molecular formula is C9H14N4O. The Hall–Kier alpha value is -1.52. The Labute approximate surface area is 82.0 Å². The van der Waals surface area contributed by atoms with Crippen molar-refractivity contribution < 1.29 is 0 Å². The lowest BCUT2D eigenvalue weighted by Crippen LogP contribution is -2.24. The lowest BCUT2D eigenvalue weighted by atomic mass is 10.4. The maximum absolute atomic E-state index is 11.4. The van der Waals surface area contributed by atoms with Crippen LogP contribution in [0.2, 0.25) is 0 Å². The van der Waals surface area contributed by atoms with Crippen molar-refractivity contribution in [2.45, 2.75) is 12.8 Å². The van der Waals surface area contributed by atoms with Crippen molar-refractivity contribution >= 4 is 11.6 Å². The van der Waals surface area contributed by atoms with Gasteiger partial charge in [-0.25, -0.2) is 4.98 Å². The van der Waals surface area contributed by atoms with E-state index in [0.29, 0.717) is 5.95 Å². The summed E-state index contributed by atoms with van der Waals surface area (Å²) in [4.78, 5) is 15.5. The number of rotatable bonds is 3. The van der Waals surface area contributed by atoms with Crippen LogP contribution in [0.3, 0.4) is 0 Å². The Morgan fingerprint density at radius 2 is 2.43 bits per heavy atom. The van der Waals surface area contributed by atoms with Crippen molar-refractivity contribution in [1.82, 2.24) is 9.55 Å². The maximum Gasteiger partial charge on any atom is 0.277 e. The van der Waals surface area contributed by atoms with Crippen LogP contribution in [0.4, 0.5) is 11.6 Å². The van der Waals surface area contributed by atoms with Crippen LogP contribution >= 0.6 is 0 Å². The Balaban J connectivity index is 2.16. The standard InChI is InChI=1S/C9H14N4O/c1-13-8(14)7(10)5-12-9(13)11-4-6-2-3-6/h5-6H,2-4,10H2,1H3,(H,11,12). The van der Waals surface area contributed by atoms with E-state index in [1.807, 2.05) is 0 Å². The second-order valence-electron chi connectivity index (χ2n) is 3.73. The van der Waals surface area contributed by atoms with Gasteiger partial charge < -0.3 is 11.1 Å². The summed E-state index contributed by atoms with van der Waals surface area (Å²) in [6, 6.07) is 0. The largest absolute Gasteiger partial charge is 0.393 e. The third kappa shape index (κ3) is 1.71. The number of hydrogen-bond acceptors (Lipinski definition) is 4. The van der Waals surface area contributed by atoms with Crippen LogP contribution in [-0.4, -0.2) is 16.1 Å². The zero-order chi connectivity index (χ0) is 10.1. The van der Waals surface area contributed by atoms with Crippen LogP contribution in [0.5, 0.6) is 0 Å². The van der Waals surface area contributed by atoms with Gasteiger partial charge in [0.2, 0.25) is 5.95 Å². The molecule has 1 aliphatic carbocycles. The molecular weight excluding hydrogens is 180 g/mol. The fourth-order valence-corrected chi connectivity index (χ4v) is 1.28. The molecule has 0 aliphatic heterocycles. The molecule has 0 bridgehead atoms. The van der Waals surface area contributed by atoms with Gasteiger partial charge in [0.25, 0.3) is 5.56 Å². The minimum absolute atomic E-state index is 0.185. The number of nitrogens with one attached hydrogen (secondary N) is 1. The fraction of sp³-hybridized carbons (Fsp3) is 0.556. The van der Waals surface area contributed by atoms with E-state index in [1.165, 1.54) is 23.6 Å². The van der Waals surface area contributed by atoms with Gasteiger partial charge in [0.1, 0.15) is 5.69 Å². The van der Waals surface area contributed by atoms with Gasteiger partial charge in [-0.15, -0.1) is 0 Å². The molecule has 5 nitrogen and oxygen atoms in total. The van der Waals surface area contributed by atoms with E-state index < -0.39 is 0 Å². The van der Waals surface area contributed by atoms with Crippen LogP contribution in [-0.2, 0) is 7.05 Å². The summed E-state index contributed by atoms with van der Waals surface area (Å²) in [5.74, 6) is 1.35. The van der Waals surface area contributed by atoms with Crippen molar-refractivity contribution in [1.29, 1.82) is 0 Å². The predicted molar refractivity (Wildman–Crippen MR) is 55.1 cm³/mol. The minimum atomic E-state index is -0.196. The van der Waals surface area contributed by atoms with E-state index in [0.717, 1.165) is 12.5 Å². The first-order valence-corrected chi connectivity index (χ1v) is 4.74. The zero-order valence-corrected chi connectivity index (χ0v) is 8.16. The van der Waals surface area contributed by atoms with Crippen LogP contribution in [0.1, 0.15) is 12.8 Å². The van der Waals surface area contributed by atoms with Gasteiger partial charge in [-0.1, -0.05) is 0 Å². The molecule has 14 heavy (non-hydrogen) atoms. The second-order valence-corrected chi connectivity index (χ2v) is 3.73. The normalized spacial score (nSPS) is 15.5. The third-order valence-corrected chi connectivity index (χ3v) is 2.44. The van der Waals surface area contributed by atoms with E-state index in [1.54, 1.807) is 7.05 Å². The molecule has 2 rings (SSSR count). The van der Waals surface area contributed by atoms with Crippen molar-refractivity contribution in [3.05, 3.63) is 16.6 Å². The first-order chi connectivity index (χ1) is 6.68. The van der Waals surface area contributed by atoms with Gasteiger partial charge in [-0.05, 0) is 18.8 Å². The van der Waals surface area contributed by atoms with E-state index in [4.69, 9.17) is 5.73 Å². The monoisotopic (exact) mass is 194 g/mol. The summed E-state index contributed by atoms with van der Waals surface area (Å²) in [5, 5.41) is 3.14. The Morgan fingerprint density at radius 1 is 1.71 bits per heavy atom. The molecule has 0 saturated heterocycles. The topological polar surface area (TPSA) is 72.9 Å². The summed E-state index contributed by atoms with van der Waals surface area (Å²) < 4.78 is 1.44. The highest BCUT2D eigenvalue weighted by Gasteiger charge is 2.21. The molecule has 76 valence electrons. The van der Waals surface area contributed by atoms with Gasteiger partial charge >= 0.3 is 0 Å². The SMILES string of the molecule is Cn1c(NCC2CC2)ncc(N)c1=O. The van der Waals surface area contributed by atoms with Crippen molar-refractivity contribution in [2.75, 3.05) is 17.6 Å². The molecule has 5 heteroatoms. The number of anilines is 2. The molecule has 1 aromatic heterocycles. The van der Waals surface area contributed by atoms with Gasteiger partial charge in [-0.2, -0.15) is 0 Å². The first-order valence-electron chi connectivity index (χ1n) is 4.74. The predicted octanol–water partition coefficient (Wildman–Crippen LogP) is 0.184. The molecule has 1 aliphatic rings. The van der Waals surface area contributed by atoms with Crippen LogP contribution < -0.4 is 16.6 Å². The number of hydrogen-bond donors (Lipinski definition) is 2. The molecule has 1 saturated carbocycles. The van der Waals surface area contributed by atoms with E-state index in [-0.39, 0.29) is 11.2 Å². The molecule has 1 aromatic rings. The summed E-state index contributed by atoms with van der Waals surface area (Å²) in [7, 11) is 1.67. The Morgan fingerprint density at radius 3 is 3.07 bits per heavy atom. The molecule has 0 spiro atoms.